The molecule has 0 saturated heterocycles. The van der Waals surface area contributed by atoms with E-state index >= 15 is 0 Å². The summed E-state index contributed by atoms with van der Waals surface area (Å²) in [7, 11) is 0. The molecular weight excluding hydrogens is 398 g/mol. The topological polar surface area (TPSA) is 12.0 Å². The van der Waals surface area contributed by atoms with Crippen molar-refractivity contribution in [1.82, 2.24) is 5.32 Å². The van der Waals surface area contributed by atoms with E-state index in [1.54, 1.807) is 0 Å². The molecule has 1 atom stereocenters. The largest absolute Gasteiger partial charge is 0.294 e. The van der Waals surface area contributed by atoms with Gasteiger partial charge in [-0.15, -0.1) is 0 Å². The highest BCUT2D eigenvalue weighted by Gasteiger charge is 2.37. The highest BCUT2D eigenvalue weighted by Crippen LogP contribution is 2.37. The molecule has 0 heterocycles. The zero-order valence-electron chi connectivity index (χ0n) is 19.4. The lowest BCUT2D eigenvalue weighted by Crippen LogP contribution is -2.49. The molecule has 0 saturated carbocycles. The Morgan fingerprint density at radius 1 is 0.636 bits per heavy atom. The van der Waals surface area contributed by atoms with Crippen LogP contribution in [0.1, 0.15) is 48.4 Å². The first-order valence-corrected chi connectivity index (χ1v) is 12.0. The van der Waals surface area contributed by atoms with Crippen LogP contribution in [0.2, 0.25) is 0 Å². The second-order valence-electron chi connectivity index (χ2n) is 8.51. The van der Waals surface area contributed by atoms with Crippen molar-refractivity contribution in [2.75, 3.05) is 0 Å². The summed E-state index contributed by atoms with van der Waals surface area (Å²) in [5.74, 6) is 0. The summed E-state index contributed by atoms with van der Waals surface area (Å²) in [5.41, 5.74) is 4.51. The molecule has 0 spiro atoms. The van der Waals surface area contributed by atoms with Crippen LogP contribution >= 0.6 is 0 Å². The summed E-state index contributed by atoms with van der Waals surface area (Å²) < 4.78 is 0. The van der Waals surface area contributed by atoms with Crippen LogP contribution in [0.3, 0.4) is 0 Å². The van der Waals surface area contributed by atoms with Gasteiger partial charge >= 0.3 is 0 Å². The molecule has 0 aliphatic rings. The molecule has 0 aliphatic heterocycles. The molecule has 166 valence electrons. The zero-order valence-corrected chi connectivity index (χ0v) is 19.4. The van der Waals surface area contributed by atoms with E-state index in [0.717, 1.165) is 6.42 Å². The highest BCUT2D eigenvalue weighted by molar-refractivity contribution is 5.52. The van der Waals surface area contributed by atoms with Crippen molar-refractivity contribution >= 4 is 6.08 Å². The van der Waals surface area contributed by atoms with Crippen molar-refractivity contribution < 1.29 is 0 Å². The summed E-state index contributed by atoms with van der Waals surface area (Å²) in [4.78, 5) is 0. The van der Waals surface area contributed by atoms with Gasteiger partial charge in [0.25, 0.3) is 0 Å². The molecule has 0 aromatic heterocycles. The highest BCUT2D eigenvalue weighted by atomic mass is 15.0. The Morgan fingerprint density at radius 3 is 1.48 bits per heavy atom. The fraction of sp³-hybridized carbons (Fsp3) is 0.188. The van der Waals surface area contributed by atoms with E-state index in [2.05, 4.69) is 146 Å². The monoisotopic (exact) mass is 431 g/mol. The lowest BCUT2D eigenvalue weighted by molar-refractivity contribution is 0.409. The van der Waals surface area contributed by atoms with E-state index < -0.39 is 5.54 Å². The maximum Gasteiger partial charge on any atom is 0.0952 e. The first-order valence-electron chi connectivity index (χ1n) is 12.0. The number of nitrogens with one attached hydrogen (secondary N) is 1. The lowest BCUT2D eigenvalue weighted by atomic mass is 9.76. The molecule has 1 heteroatoms. The predicted molar refractivity (Wildman–Crippen MR) is 141 cm³/mol. The molecule has 0 bridgehead atoms. The standard InChI is InChI=1S/C32H33N/c1-2-3-24-31(26-25-27-16-8-4-9-17-27)33-32(28-18-10-5-11-19-28,29-20-12-6-13-21-29)30-22-14-7-15-23-30/h4-23,25-26,31,33H,2-3,24H2,1H3/b26-25+/t31-/m1/s1. The molecule has 4 aromatic carbocycles. The summed E-state index contributed by atoms with van der Waals surface area (Å²) >= 11 is 0. The minimum Gasteiger partial charge on any atom is -0.294 e. The van der Waals surface area contributed by atoms with Gasteiger partial charge in [0.05, 0.1) is 5.54 Å². The van der Waals surface area contributed by atoms with E-state index in [9.17, 15) is 0 Å². The summed E-state index contributed by atoms with van der Waals surface area (Å²) in [6.07, 6.45) is 8.01. The third kappa shape index (κ3) is 5.50. The normalized spacial score (nSPS) is 12.6. The summed E-state index contributed by atoms with van der Waals surface area (Å²) in [5, 5.41) is 4.13. The van der Waals surface area contributed by atoms with E-state index in [1.807, 2.05) is 0 Å². The van der Waals surface area contributed by atoms with Crippen LogP contribution < -0.4 is 5.32 Å². The van der Waals surface area contributed by atoms with Crippen LogP contribution in [-0.4, -0.2) is 6.04 Å². The van der Waals surface area contributed by atoms with E-state index in [4.69, 9.17) is 0 Å². The molecule has 0 fully saturated rings. The van der Waals surface area contributed by atoms with Gasteiger partial charge in [-0.05, 0) is 28.7 Å². The van der Waals surface area contributed by atoms with Gasteiger partial charge in [-0.1, -0.05) is 153 Å². The van der Waals surface area contributed by atoms with Crippen molar-refractivity contribution in [3.63, 3.8) is 0 Å². The quantitative estimate of drug-likeness (QED) is 0.252. The molecular formula is C32H33N. The third-order valence-electron chi connectivity index (χ3n) is 6.21. The van der Waals surface area contributed by atoms with Crippen LogP contribution in [0.4, 0.5) is 0 Å². The van der Waals surface area contributed by atoms with Gasteiger partial charge in [-0.25, -0.2) is 0 Å². The molecule has 33 heavy (non-hydrogen) atoms. The molecule has 1 nitrogen and oxygen atoms in total. The van der Waals surface area contributed by atoms with Crippen molar-refractivity contribution in [2.45, 2.75) is 37.8 Å². The molecule has 0 amide bonds. The first-order chi connectivity index (χ1) is 16.3. The Balaban J connectivity index is 1.84. The molecule has 0 radical (unpaired) electrons. The Labute approximate surface area is 198 Å². The van der Waals surface area contributed by atoms with Crippen LogP contribution in [0.5, 0.6) is 0 Å². The Bertz CT molecular complexity index is 1010. The fourth-order valence-electron chi connectivity index (χ4n) is 4.52. The smallest absolute Gasteiger partial charge is 0.0952 e. The van der Waals surface area contributed by atoms with E-state index in [-0.39, 0.29) is 6.04 Å². The maximum absolute atomic E-state index is 4.13. The molecule has 4 aromatic rings. The van der Waals surface area contributed by atoms with Crippen molar-refractivity contribution in [3.8, 4) is 0 Å². The van der Waals surface area contributed by atoms with Gasteiger partial charge < -0.3 is 0 Å². The Hall–Kier alpha value is -3.42. The number of unbranched alkanes of at least 4 members (excludes halogenated alkanes) is 1. The Morgan fingerprint density at radius 2 is 1.06 bits per heavy atom. The van der Waals surface area contributed by atoms with Gasteiger partial charge in [0.2, 0.25) is 0 Å². The lowest BCUT2D eigenvalue weighted by Gasteiger charge is -2.39. The average molecular weight is 432 g/mol. The minimum atomic E-state index is -0.455. The van der Waals surface area contributed by atoms with Gasteiger partial charge in [-0.2, -0.15) is 0 Å². The molecule has 1 N–H and O–H groups in total. The minimum absolute atomic E-state index is 0.214. The molecule has 0 unspecified atom stereocenters. The third-order valence-corrected chi connectivity index (χ3v) is 6.21. The van der Waals surface area contributed by atoms with Gasteiger partial charge in [0, 0.05) is 6.04 Å². The van der Waals surface area contributed by atoms with Crippen molar-refractivity contribution in [1.29, 1.82) is 0 Å². The number of hydrogen-bond acceptors (Lipinski definition) is 1. The van der Waals surface area contributed by atoms with Gasteiger partial charge in [-0.3, -0.25) is 5.32 Å². The van der Waals surface area contributed by atoms with Crippen LogP contribution in [0, 0.1) is 0 Å². The van der Waals surface area contributed by atoms with Gasteiger partial charge in [0.1, 0.15) is 0 Å². The number of benzene rings is 4. The van der Waals surface area contributed by atoms with Crippen LogP contribution in [0.15, 0.2) is 127 Å². The molecule has 4 rings (SSSR count). The van der Waals surface area contributed by atoms with Crippen molar-refractivity contribution in [2.24, 2.45) is 0 Å². The average Bonchev–Trinajstić information content (AvgIpc) is 2.90. The summed E-state index contributed by atoms with van der Waals surface area (Å²) in [6.45, 7) is 2.26. The maximum atomic E-state index is 4.13. The first kappa shape index (κ1) is 22.8. The zero-order chi connectivity index (χ0) is 22.8. The van der Waals surface area contributed by atoms with Crippen LogP contribution in [0.25, 0.3) is 6.08 Å². The Kier molecular flexibility index (Phi) is 7.90. The summed E-state index contributed by atoms with van der Waals surface area (Å²) in [6, 6.07) is 43.3. The number of hydrogen-bond donors (Lipinski definition) is 1. The van der Waals surface area contributed by atoms with E-state index in [0.29, 0.717) is 0 Å². The number of rotatable bonds is 10. The van der Waals surface area contributed by atoms with Crippen LogP contribution in [-0.2, 0) is 5.54 Å². The van der Waals surface area contributed by atoms with Crippen molar-refractivity contribution in [3.05, 3.63) is 150 Å². The second kappa shape index (κ2) is 11.4. The molecule has 0 aliphatic carbocycles. The van der Waals surface area contributed by atoms with E-state index in [1.165, 1.54) is 35.1 Å². The van der Waals surface area contributed by atoms with Gasteiger partial charge in [0.15, 0.2) is 0 Å². The predicted octanol–water partition coefficient (Wildman–Crippen LogP) is 7.84. The second-order valence-corrected chi connectivity index (χ2v) is 8.51. The fourth-order valence-corrected chi connectivity index (χ4v) is 4.52. The SMILES string of the molecule is CCCC[C@H](/C=C/c1ccccc1)NC(c1ccccc1)(c1ccccc1)c1ccccc1.